The zero-order valence-corrected chi connectivity index (χ0v) is 11.9. The second kappa shape index (κ2) is 6.26. The third kappa shape index (κ3) is 4.04. The van der Waals surface area contributed by atoms with Crippen LogP contribution in [0, 0.1) is 0 Å². The van der Waals surface area contributed by atoms with Crippen LogP contribution in [0.2, 0.25) is 0 Å². The molecule has 1 heterocycles. The molecule has 0 radical (unpaired) electrons. The predicted molar refractivity (Wildman–Crippen MR) is 72.9 cm³/mol. The number of halogens is 3. The Morgan fingerprint density at radius 1 is 1.29 bits per heavy atom. The van der Waals surface area contributed by atoms with Crippen LogP contribution in [0.5, 0.6) is 0 Å². The van der Waals surface area contributed by atoms with E-state index in [9.17, 15) is 18.0 Å². The molecule has 21 heavy (non-hydrogen) atoms. The zero-order chi connectivity index (χ0) is 15.5. The summed E-state index contributed by atoms with van der Waals surface area (Å²) in [7, 11) is 1.32. The molecule has 0 bridgehead atoms. The van der Waals surface area contributed by atoms with Gasteiger partial charge in [-0.1, -0.05) is 12.1 Å². The van der Waals surface area contributed by atoms with Gasteiger partial charge in [0, 0.05) is 17.4 Å². The lowest BCUT2D eigenvalue weighted by molar-refractivity contribution is -0.140. The summed E-state index contributed by atoms with van der Waals surface area (Å²) in [5, 5.41) is 2.42. The minimum atomic E-state index is -4.34. The van der Waals surface area contributed by atoms with Gasteiger partial charge in [-0.15, -0.1) is 11.3 Å². The number of aromatic nitrogens is 1. The van der Waals surface area contributed by atoms with Crippen LogP contribution in [0.15, 0.2) is 29.6 Å². The predicted octanol–water partition coefficient (Wildman–Crippen LogP) is 3.93. The second-order valence-corrected chi connectivity index (χ2v) is 5.15. The highest BCUT2D eigenvalue weighted by Gasteiger charge is 2.30. The molecule has 0 atom stereocenters. The van der Waals surface area contributed by atoms with E-state index >= 15 is 0 Å². The maximum atomic E-state index is 12.5. The minimum absolute atomic E-state index is 0.229. The number of aryl methyl sites for hydroxylation is 1. The summed E-state index contributed by atoms with van der Waals surface area (Å²) < 4.78 is 42.0. The van der Waals surface area contributed by atoms with Gasteiger partial charge in [0.25, 0.3) is 0 Å². The van der Waals surface area contributed by atoms with Crippen LogP contribution < -0.4 is 0 Å². The smallest absolute Gasteiger partial charge is 0.416 e. The number of alkyl halides is 3. The molecule has 0 amide bonds. The van der Waals surface area contributed by atoms with Gasteiger partial charge in [-0.3, -0.25) is 4.79 Å². The van der Waals surface area contributed by atoms with E-state index in [1.165, 1.54) is 30.6 Å². The molecule has 7 heteroatoms. The van der Waals surface area contributed by atoms with Crippen molar-refractivity contribution in [2.75, 3.05) is 7.11 Å². The van der Waals surface area contributed by atoms with Crippen molar-refractivity contribution in [1.82, 2.24) is 4.98 Å². The van der Waals surface area contributed by atoms with Crippen molar-refractivity contribution in [2.45, 2.75) is 19.0 Å². The lowest BCUT2D eigenvalue weighted by Crippen LogP contribution is -2.04. The van der Waals surface area contributed by atoms with Crippen LogP contribution in [0.1, 0.15) is 17.7 Å². The van der Waals surface area contributed by atoms with Crippen molar-refractivity contribution in [3.05, 3.63) is 40.9 Å². The highest BCUT2D eigenvalue weighted by atomic mass is 32.1. The monoisotopic (exact) mass is 315 g/mol. The molecular weight excluding hydrogens is 303 g/mol. The molecule has 0 aliphatic heterocycles. The van der Waals surface area contributed by atoms with Gasteiger partial charge in [0.1, 0.15) is 5.01 Å². The molecule has 0 fully saturated rings. The van der Waals surface area contributed by atoms with Gasteiger partial charge in [0.2, 0.25) is 0 Å². The highest BCUT2D eigenvalue weighted by Crippen LogP contribution is 2.31. The molecule has 0 aliphatic rings. The van der Waals surface area contributed by atoms with Crippen molar-refractivity contribution in [3.63, 3.8) is 0 Å². The number of ether oxygens (including phenoxy) is 1. The molecule has 1 aromatic carbocycles. The Balaban J connectivity index is 2.09. The number of hydrogen-bond acceptors (Lipinski definition) is 4. The molecular formula is C14H12F3NO2S. The number of rotatable bonds is 4. The highest BCUT2D eigenvalue weighted by molar-refractivity contribution is 7.13. The second-order valence-electron chi connectivity index (χ2n) is 4.30. The van der Waals surface area contributed by atoms with Gasteiger partial charge in [-0.05, 0) is 12.1 Å². The Morgan fingerprint density at radius 2 is 1.95 bits per heavy atom. The average molecular weight is 315 g/mol. The number of carbonyl (C=O) groups excluding carboxylic acids is 1. The van der Waals surface area contributed by atoms with E-state index in [2.05, 4.69) is 9.72 Å². The van der Waals surface area contributed by atoms with Gasteiger partial charge in [0.15, 0.2) is 0 Å². The Labute approximate surface area is 123 Å². The van der Waals surface area contributed by atoms with Crippen molar-refractivity contribution < 1.29 is 22.7 Å². The molecule has 1 aromatic heterocycles. The Hall–Kier alpha value is -1.89. The van der Waals surface area contributed by atoms with Crippen molar-refractivity contribution in [3.8, 4) is 10.6 Å². The fourth-order valence-electron chi connectivity index (χ4n) is 1.69. The number of nitrogens with zero attached hydrogens (tertiary/aromatic N) is 1. The summed E-state index contributed by atoms with van der Waals surface area (Å²) in [5.41, 5.74) is 0.659. The van der Waals surface area contributed by atoms with E-state index in [1.54, 1.807) is 5.38 Å². The van der Waals surface area contributed by atoms with E-state index in [4.69, 9.17) is 0 Å². The number of benzene rings is 1. The number of thiazole rings is 1. The van der Waals surface area contributed by atoms with Crippen LogP contribution in [0.4, 0.5) is 13.2 Å². The van der Waals surface area contributed by atoms with Crippen LogP contribution in [-0.4, -0.2) is 18.1 Å². The van der Waals surface area contributed by atoms with Gasteiger partial charge >= 0.3 is 12.1 Å². The Kier molecular flexibility index (Phi) is 4.62. The van der Waals surface area contributed by atoms with E-state index in [1.807, 2.05) is 0 Å². The maximum absolute atomic E-state index is 12.5. The average Bonchev–Trinajstić information content (AvgIpc) is 2.93. The van der Waals surface area contributed by atoms with Crippen molar-refractivity contribution in [2.24, 2.45) is 0 Å². The van der Waals surface area contributed by atoms with Gasteiger partial charge < -0.3 is 4.74 Å². The molecule has 0 saturated heterocycles. The van der Waals surface area contributed by atoms with Crippen LogP contribution in [0.3, 0.4) is 0 Å². The minimum Gasteiger partial charge on any atom is -0.469 e. The van der Waals surface area contributed by atoms with Crippen LogP contribution >= 0.6 is 11.3 Å². The molecule has 0 spiro atoms. The Bertz CT molecular complexity index is 620. The van der Waals surface area contributed by atoms with E-state index < -0.39 is 11.7 Å². The number of carbonyl (C=O) groups is 1. The molecule has 0 N–H and O–H groups in total. The van der Waals surface area contributed by atoms with Crippen molar-refractivity contribution in [1.29, 1.82) is 0 Å². The van der Waals surface area contributed by atoms with Gasteiger partial charge in [-0.25, -0.2) is 4.98 Å². The molecule has 2 rings (SSSR count). The molecule has 2 aromatic rings. The number of esters is 1. The first-order valence-electron chi connectivity index (χ1n) is 6.09. The molecule has 0 saturated carbocycles. The molecule has 3 nitrogen and oxygen atoms in total. The first-order chi connectivity index (χ1) is 9.90. The summed E-state index contributed by atoms with van der Waals surface area (Å²) in [4.78, 5) is 15.3. The van der Waals surface area contributed by atoms with Gasteiger partial charge in [-0.2, -0.15) is 13.2 Å². The molecule has 112 valence electrons. The zero-order valence-electron chi connectivity index (χ0n) is 11.1. The third-order valence-corrected chi connectivity index (χ3v) is 3.76. The lowest BCUT2D eigenvalue weighted by atomic mass is 10.1. The summed E-state index contributed by atoms with van der Waals surface area (Å²) >= 11 is 1.33. The fraction of sp³-hybridized carbons (Fsp3) is 0.286. The number of hydrogen-bond donors (Lipinski definition) is 0. The Morgan fingerprint density at radius 3 is 2.52 bits per heavy atom. The van der Waals surface area contributed by atoms with Crippen LogP contribution in [-0.2, 0) is 22.1 Å². The van der Waals surface area contributed by atoms with E-state index in [0.717, 1.165) is 17.8 Å². The SMILES string of the molecule is COC(=O)CCc1csc(-c2ccc(C(F)(F)F)cc2)n1. The van der Waals surface area contributed by atoms with Crippen LogP contribution in [0.25, 0.3) is 10.6 Å². The first-order valence-corrected chi connectivity index (χ1v) is 6.97. The normalized spacial score (nSPS) is 11.4. The van der Waals surface area contributed by atoms with E-state index in [-0.39, 0.29) is 12.4 Å². The summed E-state index contributed by atoms with van der Waals surface area (Å²) in [5.74, 6) is -0.320. The lowest BCUT2D eigenvalue weighted by Gasteiger charge is -2.06. The summed E-state index contributed by atoms with van der Waals surface area (Å²) in [6.07, 6.45) is -3.66. The third-order valence-electron chi connectivity index (χ3n) is 2.82. The molecule has 0 aliphatic carbocycles. The fourth-order valence-corrected chi connectivity index (χ4v) is 2.55. The standard InChI is InChI=1S/C14H12F3NO2S/c1-20-12(19)7-6-11-8-21-13(18-11)9-2-4-10(5-3-9)14(15,16)17/h2-5,8H,6-7H2,1H3. The van der Waals surface area contributed by atoms with Gasteiger partial charge in [0.05, 0.1) is 24.8 Å². The number of methoxy groups -OCH3 is 1. The van der Waals surface area contributed by atoms with E-state index in [0.29, 0.717) is 17.0 Å². The summed E-state index contributed by atoms with van der Waals surface area (Å²) in [6.45, 7) is 0. The largest absolute Gasteiger partial charge is 0.469 e. The first kappa shape index (κ1) is 15.5. The molecule has 0 unspecified atom stereocenters. The quantitative estimate of drug-likeness (QED) is 0.802. The maximum Gasteiger partial charge on any atom is 0.416 e. The topological polar surface area (TPSA) is 39.2 Å². The van der Waals surface area contributed by atoms with Crippen molar-refractivity contribution >= 4 is 17.3 Å². The summed E-state index contributed by atoms with van der Waals surface area (Å²) in [6, 6.07) is 4.85.